The number of amides is 1. The maximum atomic E-state index is 15.4. The molecule has 12 heteroatoms. The van der Waals surface area contributed by atoms with Gasteiger partial charge in [0.25, 0.3) is 11.6 Å². The van der Waals surface area contributed by atoms with Crippen LogP contribution < -0.4 is 10.3 Å². The summed E-state index contributed by atoms with van der Waals surface area (Å²) in [5.74, 6) is -0.824. The Hall–Kier alpha value is -4.61. The highest BCUT2D eigenvalue weighted by Crippen LogP contribution is 2.28. The molecule has 2 aromatic heterocycles. The normalized spacial score (nSPS) is 15.8. The molecule has 2 saturated heterocycles. The van der Waals surface area contributed by atoms with Gasteiger partial charge in [-0.1, -0.05) is 5.21 Å². The van der Waals surface area contributed by atoms with E-state index < -0.39 is 16.2 Å². The van der Waals surface area contributed by atoms with Gasteiger partial charge in [-0.3, -0.25) is 19.7 Å². The van der Waals surface area contributed by atoms with E-state index in [0.29, 0.717) is 35.7 Å². The van der Waals surface area contributed by atoms with Crippen LogP contribution in [0.15, 0.2) is 53.6 Å². The molecule has 0 unspecified atom stereocenters. The van der Waals surface area contributed by atoms with E-state index in [4.69, 9.17) is 0 Å². The fourth-order valence-corrected chi connectivity index (χ4v) is 5.73. The third kappa shape index (κ3) is 5.29. The van der Waals surface area contributed by atoms with Crippen LogP contribution in [0.25, 0.3) is 16.6 Å². The van der Waals surface area contributed by atoms with Crippen molar-refractivity contribution in [2.75, 3.05) is 31.1 Å². The summed E-state index contributed by atoms with van der Waals surface area (Å²) in [5.41, 5.74) is 1.57. The zero-order chi connectivity index (χ0) is 28.5. The van der Waals surface area contributed by atoms with Crippen LogP contribution in [-0.2, 0) is 6.54 Å². The maximum Gasteiger partial charge on any atom is 0.269 e. The van der Waals surface area contributed by atoms with Gasteiger partial charge in [0.2, 0.25) is 5.43 Å². The molecule has 0 bridgehead atoms. The van der Waals surface area contributed by atoms with E-state index in [-0.39, 0.29) is 29.1 Å². The van der Waals surface area contributed by atoms with E-state index >= 15 is 4.39 Å². The maximum absolute atomic E-state index is 15.4. The second-order valence-corrected chi connectivity index (χ2v) is 10.6. The van der Waals surface area contributed by atoms with E-state index in [0.717, 1.165) is 51.6 Å². The number of likely N-dealkylation sites (tertiary alicyclic amines) is 1. The lowest BCUT2D eigenvalue weighted by Crippen LogP contribution is -2.38. The second kappa shape index (κ2) is 11.1. The Balaban J connectivity index is 1.42. The molecule has 0 radical (unpaired) electrons. The smallest absolute Gasteiger partial charge is 0.269 e. The largest absolute Gasteiger partial charge is 0.369 e. The lowest BCUT2D eigenvalue weighted by Gasteiger charge is -2.30. The molecule has 4 aromatic rings. The summed E-state index contributed by atoms with van der Waals surface area (Å²) in [6.07, 6.45) is 9.10. The SMILES string of the molecule is O=C(c1cn(Cc2cn(-c3ccc([N+](=O)[O-])cc3)nn2)c2cc(N3CCCCC3)c(F)cc2c1=O)N1CCCCC1. The summed E-state index contributed by atoms with van der Waals surface area (Å²) in [4.78, 5) is 41.3. The molecule has 212 valence electrons. The van der Waals surface area contributed by atoms with Crippen LogP contribution in [0.2, 0.25) is 0 Å². The minimum absolute atomic E-state index is 0.00674. The Morgan fingerprint density at radius 2 is 1.63 bits per heavy atom. The molecular weight excluding hydrogens is 529 g/mol. The van der Waals surface area contributed by atoms with Crippen molar-refractivity contribution in [2.24, 2.45) is 0 Å². The molecular formula is C29H30FN7O4. The monoisotopic (exact) mass is 559 g/mol. The number of carbonyl (C=O) groups excluding carboxylic acids is 1. The molecule has 41 heavy (non-hydrogen) atoms. The van der Waals surface area contributed by atoms with Crippen molar-refractivity contribution in [3.05, 3.63) is 86.2 Å². The van der Waals surface area contributed by atoms with Gasteiger partial charge in [0.15, 0.2) is 0 Å². The number of halogens is 1. The standard InChI is InChI=1S/C29H30FN7O4/c30-25-15-23-26(16-27(25)33-11-3-1-4-12-33)35(19-24(28(23)38)29(39)34-13-5-2-6-14-34)17-20-18-36(32-31-20)21-7-9-22(10-8-21)37(40)41/h7-10,15-16,18-19H,1-6,11-14,17H2. The first kappa shape index (κ1) is 26.6. The van der Waals surface area contributed by atoms with Crippen LogP contribution in [0.1, 0.15) is 54.6 Å². The van der Waals surface area contributed by atoms with Gasteiger partial charge in [0.1, 0.15) is 17.1 Å². The summed E-state index contributed by atoms with van der Waals surface area (Å²) in [6.45, 7) is 2.82. The molecule has 6 rings (SSSR count). The first-order valence-corrected chi connectivity index (χ1v) is 14.0. The van der Waals surface area contributed by atoms with E-state index in [1.165, 1.54) is 22.9 Å². The van der Waals surface area contributed by atoms with Gasteiger partial charge in [-0.15, -0.1) is 5.10 Å². The minimum atomic E-state index is -0.481. The molecule has 0 N–H and O–H groups in total. The van der Waals surface area contributed by atoms with Gasteiger partial charge < -0.3 is 14.4 Å². The number of hydrogen-bond donors (Lipinski definition) is 0. The van der Waals surface area contributed by atoms with E-state index in [1.54, 1.807) is 40.1 Å². The van der Waals surface area contributed by atoms with Crippen molar-refractivity contribution in [3.8, 4) is 5.69 Å². The van der Waals surface area contributed by atoms with Crippen molar-refractivity contribution in [3.63, 3.8) is 0 Å². The summed E-state index contributed by atoms with van der Waals surface area (Å²) >= 11 is 0. The molecule has 11 nitrogen and oxygen atoms in total. The third-order valence-corrected chi connectivity index (χ3v) is 7.92. The molecule has 2 aliphatic heterocycles. The molecule has 1 amide bonds. The Labute approximate surface area is 234 Å². The van der Waals surface area contributed by atoms with Crippen molar-refractivity contribution in [1.29, 1.82) is 0 Å². The Morgan fingerprint density at radius 1 is 0.951 bits per heavy atom. The summed E-state index contributed by atoms with van der Waals surface area (Å²) in [6, 6.07) is 8.90. The predicted octanol–water partition coefficient (Wildman–Crippen LogP) is 4.29. The zero-order valence-electron chi connectivity index (χ0n) is 22.5. The Bertz CT molecular complexity index is 1670. The number of anilines is 1. The number of nitro benzene ring substituents is 1. The van der Waals surface area contributed by atoms with Crippen LogP contribution in [0.5, 0.6) is 0 Å². The topological polar surface area (TPSA) is 119 Å². The number of carbonyl (C=O) groups is 1. The van der Waals surface area contributed by atoms with Crippen LogP contribution in [0.4, 0.5) is 15.8 Å². The molecule has 0 spiro atoms. The molecule has 0 saturated carbocycles. The lowest BCUT2D eigenvalue weighted by atomic mass is 10.1. The van der Waals surface area contributed by atoms with E-state index in [1.807, 2.05) is 4.90 Å². The molecule has 2 aliphatic rings. The number of benzene rings is 2. The third-order valence-electron chi connectivity index (χ3n) is 7.92. The number of non-ortho nitro benzene ring substituents is 1. The highest BCUT2D eigenvalue weighted by Gasteiger charge is 2.25. The van der Waals surface area contributed by atoms with Crippen molar-refractivity contribution in [2.45, 2.75) is 45.1 Å². The Kier molecular flexibility index (Phi) is 7.21. The second-order valence-electron chi connectivity index (χ2n) is 10.6. The summed E-state index contributed by atoms with van der Waals surface area (Å²) in [7, 11) is 0. The Morgan fingerprint density at radius 3 is 2.32 bits per heavy atom. The number of pyridine rings is 1. The van der Waals surface area contributed by atoms with E-state index in [9.17, 15) is 19.7 Å². The number of hydrogen-bond acceptors (Lipinski definition) is 7. The van der Waals surface area contributed by atoms with Crippen molar-refractivity contribution >= 4 is 28.2 Å². The molecule has 0 atom stereocenters. The van der Waals surface area contributed by atoms with Crippen LogP contribution >= 0.6 is 0 Å². The summed E-state index contributed by atoms with van der Waals surface area (Å²) in [5, 5.41) is 19.6. The highest BCUT2D eigenvalue weighted by atomic mass is 19.1. The fourth-order valence-electron chi connectivity index (χ4n) is 5.73. The minimum Gasteiger partial charge on any atom is -0.369 e. The van der Waals surface area contributed by atoms with Gasteiger partial charge in [-0.25, -0.2) is 9.07 Å². The predicted molar refractivity (Wildman–Crippen MR) is 151 cm³/mol. The average molecular weight is 560 g/mol. The number of piperidine rings is 2. The van der Waals surface area contributed by atoms with Crippen LogP contribution in [-0.4, -0.2) is 61.5 Å². The molecule has 2 fully saturated rings. The van der Waals surface area contributed by atoms with Gasteiger partial charge in [-0.2, -0.15) is 0 Å². The quantitative estimate of drug-likeness (QED) is 0.255. The lowest BCUT2D eigenvalue weighted by molar-refractivity contribution is -0.384. The molecule has 2 aromatic carbocycles. The number of fused-ring (bicyclic) bond motifs is 1. The van der Waals surface area contributed by atoms with Crippen molar-refractivity contribution in [1.82, 2.24) is 24.5 Å². The highest BCUT2D eigenvalue weighted by molar-refractivity contribution is 5.98. The zero-order valence-corrected chi connectivity index (χ0v) is 22.5. The number of nitrogens with zero attached hydrogens (tertiary/aromatic N) is 7. The van der Waals surface area contributed by atoms with Gasteiger partial charge in [0, 0.05) is 49.9 Å². The number of nitro groups is 1. The first-order chi connectivity index (χ1) is 19.9. The number of aromatic nitrogens is 4. The van der Waals surface area contributed by atoms with E-state index in [2.05, 4.69) is 10.3 Å². The van der Waals surface area contributed by atoms with Crippen molar-refractivity contribution < 1.29 is 14.1 Å². The molecule has 4 heterocycles. The van der Waals surface area contributed by atoms with Gasteiger partial charge >= 0.3 is 0 Å². The van der Waals surface area contributed by atoms with Gasteiger partial charge in [0.05, 0.1) is 34.6 Å². The first-order valence-electron chi connectivity index (χ1n) is 14.0. The average Bonchev–Trinajstić information content (AvgIpc) is 3.47. The van der Waals surface area contributed by atoms with Gasteiger partial charge in [-0.05, 0) is 62.8 Å². The van der Waals surface area contributed by atoms with Crippen LogP contribution in [0.3, 0.4) is 0 Å². The molecule has 0 aliphatic carbocycles. The fraction of sp³-hybridized carbons (Fsp3) is 0.379. The summed E-state index contributed by atoms with van der Waals surface area (Å²) < 4.78 is 18.7. The number of rotatable bonds is 6. The van der Waals surface area contributed by atoms with Crippen LogP contribution in [0, 0.1) is 15.9 Å².